The number of benzene rings is 1. The van der Waals surface area contributed by atoms with Crippen molar-refractivity contribution in [1.29, 1.82) is 0 Å². The first-order chi connectivity index (χ1) is 11.6. The third kappa shape index (κ3) is 3.82. The maximum atomic E-state index is 13.0. The Morgan fingerprint density at radius 3 is 2.46 bits per heavy atom. The van der Waals surface area contributed by atoms with Crippen LogP contribution in [-0.2, 0) is 5.54 Å². The molecule has 3 rings (SSSR count). The first kappa shape index (κ1) is 17.0. The fraction of sp³-hybridized carbons (Fsp3) is 0.556. The van der Waals surface area contributed by atoms with Gasteiger partial charge in [-0.3, -0.25) is 0 Å². The van der Waals surface area contributed by atoms with Crippen molar-refractivity contribution in [1.82, 2.24) is 15.5 Å². The number of rotatable bonds is 5. The molecule has 1 atom stereocenters. The van der Waals surface area contributed by atoms with Gasteiger partial charge in [-0.05, 0) is 30.5 Å². The predicted molar refractivity (Wildman–Crippen MR) is 87.8 cm³/mol. The molecule has 24 heavy (non-hydrogen) atoms. The van der Waals surface area contributed by atoms with Gasteiger partial charge in [-0.2, -0.15) is 4.98 Å². The molecule has 1 heterocycles. The average molecular weight is 333 g/mol. The van der Waals surface area contributed by atoms with Gasteiger partial charge in [0.15, 0.2) is 5.82 Å². The fourth-order valence-corrected chi connectivity index (χ4v) is 3.40. The number of halogens is 1. The summed E-state index contributed by atoms with van der Waals surface area (Å²) in [5, 5.41) is 18.1. The van der Waals surface area contributed by atoms with Crippen LogP contribution in [0.15, 0.2) is 28.8 Å². The number of aryl methyl sites for hydroxylation is 1. The Kier molecular flexibility index (Phi) is 5.26. The van der Waals surface area contributed by atoms with E-state index in [0.29, 0.717) is 23.8 Å². The zero-order valence-corrected chi connectivity index (χ0v) is 14.0. The van der Waals surface area contributed by atoms with Crippen molar-refractivity contribution in [2.45, 2.75) is 57.1 Å². The summed E-state index contributed by atoms with van der Waals surface area (Å²) in [6, 6.07) is 5.95. The Balaban J connectivity index is 1.75. The molecule has 1 aromatic carbocycles. The topological polar surface area (TPSA) is 71.2 Å². The van der Waals surface area contributed by atoms with E-state index >= 15 is 0 Å². The summed E-state index contributed by atoms with van der Waals surface area (Å²) in [5.41, 5.74) is 0.326. The van der Waals surface area contributed by atoms with Gasteiger partial charge in [-0.25, -0.2) is 4.39 Å². The summed E-state index contributed by atoms with van der Waals surface area (Å²) >= 11 is 0. The van der Waals surface area contributed by atoms with Crippen molar-refractivity contribution in [3.63, 3.8) is 0 Å². The van der Waals surface area contributed by atoms with E-state index in [0.717, 1.165) is 25.7 Å². The Labute approximate surface area is 141 Å². The van der Waals surface area contributed by atoms with Crippen LogP contribution >= 0.6 is 0 Å². The number of hydrogen-bond acceptors (Lipinski definition) is 5. The largest absolute Gasteiger partial charge is 0.387 e. The van der Waals surface area contributed by atoms with Crippen molar-refractivity contribution < 1.29 is 14.0 Å². The van der Waals surface area contributed by atoms with Crippen LogP contribution in [0.3, 0.4) is 0 Å². The molecule has 1 aliphatic carbocycles. The quantitative estimate of drug-likeness (QED) is 0.821. The van der Waals surface area contributed by atoms with E-state index < -0.39 is 6.10 Å². The van der Waals surface area contributed by atoms with Crippen molar-refractivity contribution in [2.75, 3.05) is 6.54 Å². The zero-order valence-electron chi connectivity index (χ0n) is 14.0. The minimum atomic E-state index is -0.710. The van der Waals surface area contributed by atoms with Crippen LogP contribution in [0, 0.1) is 12.7 Å². The third-order valence-electron chi connectivity index (χ3n) is 4.80. The van der Waals surface area contributed by atoms with Gasteiger partial charge in [0.05, 0.1) is 11.6 Å². The van der Waals surface area contributed by atoms with Gasteiger partial charge in [0, 0.05) is 13.5 Å². The SMILES string of the molecule is Cc1nc(C2(NCC(O)c3ccc(F)cc3)CCCCCC2)no1. The molecule has 0 saturated heterocycles. The minimum Gasteiger partial charge on any atom is -0.387 e. The lowest BCUT2D eigenvalue weighted by molar-refractivity contribution is 0.145. The first-order valence-electron chi connectivity index (χ1n) is 8.58. The number of hydrogen-bond donors (Lipinski definition) is 2. The number of nitrogens with one attached hydrogen (secondary N) is 1. The molecule has 0 radical (unpaired) electrons. The normalized spacial score (nSPS) is 19.0. The van der Waals surface area contributed by atoms with Crippen molar-refractivity contribution in [2.24, 2.45) is 0 Å². The molecule has 6 heteroatoms. The Morgan fingerprint density at radius 1 is 1.21 bits per heavy atom. The summed E-state index contributed by atoms with van der Waals surface area (Å²) in [6.07, 6.45) is 5.70. The van der Waals surface area contributed by atoms with Gasteiger partial charge in [0.1, 0.15) is 5.82 Å². The summed E-state index contributed by atoms with van der Waals surface area (Å²) in [5.74, 6) is 0.920. The molecule has 130 valence electrons. The van der Waals surface area contributed by atoms with Gasteiger partial charge in [-0.1, -0.05) is 43.0 Å². The number of aliphatic hydroxyl groups is 1. The van der Waals surface area contributed by atoms with E-state index in [9.17, 15) is 9.50 Å². The second kappa shape index (κ2) is 7.40. The van der Waals surface area contributed by atoms with E-state index in [-0.39, 0.29) is 11.4 Å². The lowest BCUT2D eigenvalue weighted by atomic mass is 9.88. The lowest BCUT2D eigenvalue weighted by Crippen LogP contribution is -2.45. The molecule has 2 aromatic rings. The maximum Gasteiger partial charge on any atom is 0.223 e. The van der Waals surface area contributed by atoms with E-state index in [2.05, 4.69) is 15.5 Å². The van der Waals surface area contributed by atoms with E-state index in [4.69, 9.17) is 4.52 Å². The van der Waals surface area contributed by atoms with Crippen LogP contribution in [0.4, 0.5) is 4.39 Å². The summed E-state index contributed by atoms with van der Waals surface area (Å²) in [7, 11) is 0. The van der Waals surface area contributed by atoms with Gasteiger partial charge in [0.25, 0.3) is 0 Å². The highest BCUT2D eigenvalue weighted by molar-refractivity contribution is 5.19. The van der Waals surface area contributed by atoms with Crippen LogP contribution in [0.25, 0.3) is 0 Å². The second-order valence-electron chi connectivity index (χ2n) is 6.58. The summed E-state index contributed by atoms with van der Waals surface area (Å²) in [6.45, 7) is 2.15. The predicted octanol–water partition coefficient (Wildman–Crippen LogP) is 3.39. The van der Waals surface area contributed by atoms with Gasteiger partial charge >= 0.3 is 0 Å². The molecular weight excluding hydrogens is 309 g/mol. The highest BCUT2D eigenvalue weighted by Crippen LogP contribution is 2.35. The van der Waals surface area contributed by atoms with Crippen LogP contribution < -0.4 is 5.32 Å². The smallest absolute Gasteiger partial charge is 0.223 e. The monoisotopic (exact) mass is 333 g/mol. The zero-order chi connectivity index (χ0) is 17.0. The Morgan fingerprint density at radius 2 is 1.88 bits per heavy atom. The van der Waals surface area contributed by atoms with Crippen molar-refractivity contribution in [3.05, 3.63) is 47.4 Å². The van der Waals surface area contributed by atoms with Crippen molar-refractivity contribution >= 4 is 0 Å². The standard InChI is InChI=1S/C18H24FN3O2/c1-13-21-17(22-24-13)18(10-4-2-3-5-11-18)20-12-16(23)14-6-8-15(19)9-7-14/h6-9,16,20,23H,2-5,10-12H2,1H3. The summed E-state index contributed by atoms with van der Waals surface area (Å²) < 4.78 is 18.2. The van der Waals surface area contributed by atoms with Crippen LogP contribution in [-0.4, -0.2) is 21.8 Å². The Bertz CT molecular complexity index is 649. The van der Waals surface area contributed by atoms with Crippen LogP contribution in [0.1, 0.15) is 61.9 Å². The van der Waals surface area contributed by atoms with E-state index in [1.807, 2.05) is 0 Å². The molecule has 1 saturated carbocycles. The molecule has 0 spiro atoms. The Hall–Kier alpha value is -1.79. The van der Waals surface area contributed by atoms with Gasteiger partial charge in [0.2, 0.25) is 5.89 Å². The second-order valence-corrected chi connectivity index (χ2v) is 6.58. The first-order valence-corrected chi connectivity index (χ1v) is 8.58. The molecule has 1 aliphatic rings. The lowest BCUT2D eigenvalue weighted by Gasteiger charge is -2.32. The number of aromatic nitrogens is 2. The van der Waals surface area contributed by atoms with Crippen molar-refractivity contribution in [3.8, 4) is 0 Å². The number of aliphatic hydroxyl groups excluding tert-OH is 1. The molecule has 0 bridgehead atoms. The van der Waals surface area contributed by atoms with Crippen LogP contribution in [0.2, 0.25) is 0 Å². The number of nitrogens with zero attached hydrogens (tertiary/aromatic N) is 2. The molecular formula is C18H24FN3O2. The van der Waals surface area contributed by atoms with Gasteiger partial charge < -0.3 is 14.9 Å². The van der Waals surface area contributed by atoms with Gasteiger partial charge in [-0.15, -0.1) is 0 Å². The highest BCUT2D eigenvalue weighted by Gasteiger charge is 2.37. The molecule has 1 aromatic heterocycles. The summed E-state index contributed by atoms with van der Waals surface area (Å²) in [4.78, 5) is 4.44. The van der Waals surface area contributed by atoms with Crippen LogP contribution in [0.5, 0.6) is 0 Å². The fourth-order valence-electron chi connectivity index (χ4n) is 3.40. The molecule has 0 amide bonds. The minimum absolute atomic E-state index is 0.304. The van der Waals surface area contributed by atoms with E-state index in [1.165, 1.54) is 25.0 Å². The van der Waals surface area contributed by atoms with E-state index in [1.54, 1.807) is 19.1 Å². The molecule has 1 fully saturated rings. The molecule has 1 unspecified atom stereocenters. The highest BCUT2D eigenvalue weighted by atomic mass is 19.1. The molecule has 2 N–H and O–H groups in total. The molecule has 5 nitrogen and oxygen atoms in total. The maximum absolute atomic E-state index is 13.0. The molecule has 0 aliphatic heterocycles. The average Bonchev–Trinajstić information content (AvgIpc) is 2.89. The third-order valence-corrected chi connectivity index (χ3v) is 4.80.